The van der Waals surface area contributed by atoms with Crippen LogP contribution in [0.1, 0.15) is 18.7 Å². The number of ether oxygens (including phenoxy) is 1. The molecule has 2 heterocycles. The van der Waals surface area contributed by atoms with E-state index in [0.29, 0.717) is 30.0 Å². The zero-order valence-electron chi connectivity index (χ0n) is 13.8. The van der Waals surface area contributed by atoms with Gasteiger partial charge in [0.2, 0.25) is 5.95 Å². The third-order valence-electron chi connectivity index (χ3n) is 3.81. The Hall–Kier alpha value is -2.73. The normalized spacial score (nSPS) is 12.2. The van der Waals surface area contributed by atoms with Crippen molar-refractivity contribution in [3.8, 4) is 0 Å². The fourth-order valence-corrected chi connectivity index (χ4v) is 2.67. The zero-order chi connectivity index (χ0) is 16.9. The Morgan fingerprint density at radius 2 is 2.00 bits per heavy atom. The van der Waals surface area contributed by atoms with Crippen LogP contribution in [0.3, 0.4) is 0 Å². The smallest absolute Gasteiger partial charge is 0.263 e. The number of pyridine rings is 1. The zero-order valence-corrected chi connectivity index (χ0v) is 13.8. The summed E-state index contributed by atoms with van der Waals surface area (Å²) in [7, 11) is 1.62. The number of methoxy groups -OCH3 is 1. The maximum absolute atomic E-state index is 12.9. The Morgan fingerprint density at radius 3 is 2.75 bits per heavy atom. The average molecular weight is 324 g/mol. The first-order valence-electron chi connectivity index (χ1n) is 7.84. The fraction of sp³-hybridized carbons (Fsp3) is 0.278. The van der Waals surface area contributed by atoms with Crippen LogP contribution in [-0.4, -0.2) is 28.3 Å². The Bertz CT molecular complexity index is 877. The summed E-state index contributed by atoms with van der Waals surface area (Å²) in [6.07, 6.45) is 1.74. The van der Waals surface area contributed by atoms with Crippen LogP contribution < -0.4 is 10.9 Å². The van der Waals surface area contributed by atoms with Gasteiger partial charge in [-0.3, -0.25) is 14.3 Å². The van der Waals surface area contributed by atoms with E-state index in [-0.39, 0.29) is 11.6 Å². The van der Waals surface area contributed by atoms with Gasteiger partial charge in [0.25, 0.3) is 5.56 Å². The lowest BCUT2D eigenvalue weighted by Crippen LogP contribution is -2.29. The summed E-state index contributed by atoms with van der Waals surface area (Å²) in [4.78, 5) is 21.8. The Morgan fingerprint density at radius 1 is 1.21 bits per heavy atom. The summed E-state index contributed by atoms with van der Waals surface area (Å²) < 4.78 is 6.86. The van der Waals surface area contributed by atoms with E-state index < -0.39 is 0 Å². The lowest BCUT2D eigenvalue weighted by molar-refractivity contribution is 0.161. The number of anilines is 1. The minimum Gasteiger partial charge on any atom is -0.383 e. The number of fused-ring (bicyclic) bond motifs is 1. The van der Waals surface area contributed by atoms with E-state index in [1.165, 1.54) is 0 Å². The molecular formula is C18H20N4O2. The van der Waals surface area contributed by atoms with Gasteiger partial charge < -0.3 is 10.1 Å². The predicted octanol–water partition coefficient (Wildman–Crippen LogP) is 2.61. The molecule has 1 aromatic carbocycles. The van der Waals surface area contributed by atoms with Crippen molar-refractivity contribution in [2.45, 2.75) is 19.5 Å². The highest BCUT2D eigenvalue weighted by atomic mass is 16.5. The summed E-state index contributed by atoms with van der Waals surface area (Å²) in [5, 5.41) is 3.84. The first kappa shape index (κ1) is 16.1. The molecule has 3 rings (SSSR count). The SMILES string of the molecule is COC[C@H](C)n1c(NCc2ccccn2)nc2ccccc2c1=O. The second kappa shape index (κ2) is 7.23. The topological polar surface area (TPSA) is 69.0 Å². The molecule has 6 heteroatoms. The van der Waals surface area contributed by atoms with Crippen LogP contribution in [0.5, 0.6) is 0 Å². The highest BCUT2D eigenvalue weighted by Crippen LogP contribution is 2.16. The van der Waals surface area contributed by atoms with Crippen LogP contribution >= 0.6 is 0 Å². The van der Waals surface area contributed by atoms with E-state index in [1.54, 1.807) is 23.9 Å². The molecular weight excluding hydrogens is 304 g/mol. The molecule has 2 aromatic heterocycles. The van der Waals surface area contributed by atoms with Gasteiger partial charge in [0.1, 0.15) is 0 Å². The fourth-order valence-electron chi connectivity index (χ4n) is 2.67. The third-order valence-corrected chi connectivity index (χ3v) is 3.81. The molecule has 0 saturated carbocycles. The van der Waals surface area contributed by atoms with Crippen molar-refractivity contribution in [3.05, 3.63) is 64.7 Å². The first-order valence-corrected chi connectivity index (χ1v) is 7.84. The average Bonchev–Trinajstić information content (AvgIpc) is 2.61. The highest BCUT2D eigenvalue weighted by Gasteiger charge is 2.16. The van der Waals surface area contributed by atoms with Crippen LogP contribution in [0.4, 0.5) is 5.95 Å². The lowest BCUT2D eigenvalue weighted by Gasteiger charge is -2.19. The molecule has 0 saturated heterocycles. The largest absolute Gasteiger partial charge is 0.383 e. The molecule has 1 N–H and O–H groups in total. The van der Waals surface area contributed by atoms with Gasteiger partial charge in [-0.05, 0) is 31.2 Å². The van der Waals surface area contributed by atoms with Gasteiger partial charge in [-0.15, -0.1) is 0 Å². The molecule has 0 aliphatic carbocycles. The molecule has 0 fully saturated rings. The van der Waals surface area contributed by atoms with Crippen molar-refractivity contribution in [1.82, 2.24) is 14.5 Å². The lowest BCUT2D eigenvalue weighted by atomic mass is 10.2. The third kappa shape index (κ3) is 3.28. The van der Waals surface area contributed by atoms with E-state index in [4.69, 9.17) is 4.74 Å². The quantitative estimate of drug-likeness (QED) is 0.755. The monoisotopic (exact) mass is 324 g/mol. The number of para-hydroxylation sites is 1. The van der Waals surface area contributed by atoms with Crippen LogP contribution in [0.15, 0.2) is 53.5 Å². The molecule has 6 nitrogen and oxygen atoms in total. The second-order valence-electron chi connectivity index (χ2n) is 5.61. The number of hydrogen-bond acceptors (Lipinski definition) is 5. The number of nitrogens with one attached hydrogen (secondary N) is 1. The molecule has 1 atom stereocenters. The first-order chi connectivity index (χ1) is 11.7. The van der Waals surface area contributed by atoms with Crippen LogP contribution in [0.25, 0.3) is 10.9 Å². The number of hydrogen-bond donors (Lipinski definition) is 1. The van der Waals surface area contributed by atoms with Crippen molar-refractivity contribution >= 4 is 16.9 Å². The Labute approximate surface area is 140 Å². The minimum absolute atomic E-state index is 0.0753. The summed E-state index contributed by atoms with van der Waals surface area (Å²) >= 11 is 0. The van der Waals surface area contributed by atoms with E-state index in [9.17, 15) is 4.79 Å². The maximum atomic E-state index is 12.9. The molecule has 0 bridgehead atoms. The van der Waals surface area contributed by atoms with E-state index in [2.05, 4.69) is 15.3 Å². The molecule has 0 radical (unpaired) electrons. The van der Waals surface area contributed by atoms with Gasteiger partial charge in [0.05, 0.1) is 35.8 Å². The van der Waals surface area contributed by atoms with Gasteiger partial charge >= 0.3 is 0 Å². The van der Waals surface area contributed by atoms with Crippen molar-refractivity contribution in [2.24, 2.45) is 0 Å². The summed E-state index contributed by atoms with van der Waals surface area (Å²) in [5.41, 5.74) is 1.48. The number of nitrogens with zero attached hydrogens (tertiary/aromatic N) is 3. The van der Waals surface area contributed by atoms with Crippen molar-refractivity contribution in [3.63, 3.8) is 0 Å². The van der Waals surface area contributed by atoms with E-state index >= 15 is 0 Å². The van der Waals surface area contributed by atoms with Crippen molar-refractivity contribution in [2.75, 3.05) is 19.0 Å². The van der Waals surface area contributed by atoms with E-state index in [0.717, 1.165) is 5.69 Å². The summed E-state index contributed by atoms with van der Waals surface area (Å²) in [5.74, 6) is 0.522. The molecule has 124 valence electrons. The second-order valence-corrected chi connectivity index (χ2v) is 5.61. The van der Waals surface area contributed by atoms with E-state index in [1.807, 2.05) is 43.3 Å². The number of rotatable bonds is 6. The minimum atomic E-state index is -0.133. The van der Waals surface area contributed by atoms with Crippen LogP contribution in [0, 0.1) is 0 Å². The molecule has 24 heavy (non-hydrogen) atoms. The van der Waals surface area contributed by atoms with Crippen molar-refractivity contribution < 1.29 is 4.74 Å². The van der Waals surface area contributed by atoms with Crippen molar-refractivity contribution in [1.29, 1.82) is 0 Å². The van der Waals surface area contributed by atoms with Gasteiger partial charge in [-0.1, -0.05) is 18.2 Å². The van der Waals surface area contributed by atoms with Gasteiger partial charge in [0, 0.05) is 13.3 Å². The molecule has 3 aromatic rings. The molecule has 0 spiro atoms. The molecule has 0 amide bonds. The van der Waals surface area contributed by atoms with Gasteiger partial charge in [-0.2, -0.15) is 0 Å². The van der Waals surface area contributed by atoms with Gasteiger partial charge in [0.15, 0.2) is 0 Å². The molecule has 0 aliphatic rings. The summed E-state index contributed by atoms with van der Waals surface area (Å²) in [6.45, 7) is 2.86. The molecule has 0 unspecified atom stereocenters. The van der Waals surface area contributed by atoms with Crippen LogP contribution in [0.2, 0.25) is 0 Å². The van der Waals surface area contributed by atoms with Crippen LogP contribution in [-0.2, 0) is 11.3 Å². The van der Waals surface area contributed by atoms with Gasteiger partial charge in [-0.25, -0.2) is 4.98 Å². The Balaban J connectivity index is 2.03. The highest BCUT2D eigenvalue weighted by molar-refractivity contribution is 5.78. The number of aromatic nitrogens is 3. The molecule has 0 aliphatic heterocycles. The number of benzene rings is 1. The summed E-state index contributed by atoms with van der Waals surface area (Å²) in [6, 6.07) is 12.9. The maximum Gasteiger partial charge on any atom is 0.263 e. The Kier molecular flexibility index (Phi) is 4.86. The standard InChI is InChI=1S/C18H20N4O2/c1-13(12-24-2)22-17(23)15-8-3-4-9-16(15)21-18(22)20-11-14-7-5-6-10-19-14/h3-10,13H,11-12H2,1-2H3,(H,20,21)/t13-/m0/s1. The predicted molar refractivity (Wildman–Crippen MR) is 94.2 cm³/mol.